The van der Waals surface area contributed by atoms with Crippen LogP contribution in [0.2, 0.25) is 0 Å². The van der Waals surface area contributed by atoms with Gasteiger partial charge in [0, 0.05) is 12.1 Å². The molecule has 0 spiro atoms. The molecule has 1 amide bonds. The lowest BCUT2D eigenvalue weighted by molar-refractivity contribution is 0.0922. The number of hydrogen-bond acceptors (Lipinski definition) is 3. The summed E-state index contributed by atoms with van der Waals surface area (Å²) in [7, 11) is 0. The van der Waals surface area contributed by atoms with Crippen LogP contribution in [-0.2, 0) is 6.54 Å². The SMILES string of the molecule is CCn1c(C(NC(=O)c2ccccc2)C(C)C)n[nH]c1=S. The number of carbonyl (C=O) groups is 1. The number of aromatic nitrogens is 3. The molecule has 0 saturated carbocycles. The number of nitrogens with one attached hydrogen (secondary N) is 2. The van der Waals surface area contributed by atoms with Gasteiger partial charge >= 0.3 is 0 Å². The molecule has 0 aliphatic carbocycles. The van der Waals surface area contributed by atoms with Crippen molar-refractivity contribution in [3.8, 4) is 0 Å². The number of nitrogens with zero attached hydrogens (tertiary/aromatic N) is 2. The summed E-state index contributed by atoms with van der Waals surface area (Å²) >= 11 is 5.22. The van der Waals surface area contributed by atoms with Crippen LogP contribution >= 0.6 is 12.2 Å². The van der Waals surface area contributed by atoms with Gasteiger partial charge in [-0.25, -0.2) is 0 Å². The molecule has 0 bridgehead atoms. The molecule has 1 aromatic carbocycles. The Hall–Kier alpha value is -1.95. The van der Waals surface area contributed by atoms with E-state index in [1.165, 1.54) is 0 Å². The number of carbonyl (C=O) groups excluding carboxylic acids is 1. The van der Waals surface area contributed by atoms with Crippen LogP contribution in [0, 0.1) is 10.7 Å². The third-order valence-electron chi connectivity index (χ3n) is 3.37. The van der Waals surface area contributed by atoms with Gasteiger partial charge in [-0.05, 0) is 37.2 Å². The zero-order valence-corrected chi connectivity index (χ0v) is 13.3. The molecule has 6 heteroatoms. The first-order chi connectivity index (χ1) is 10.0. The topological polar surface area (TPSA) is 62.7 Å². The quantitative estimate of drug-likeness (QED) is 0.834. The van der Waals surface area contributed by atoms with Gasteiger partial charge in [0.15, 0.2) is 10.6 Å². The Bertz CT molecular complexity index is 660. The first-order valence-corrected chi connectivity index (χ1v) is 7.46. The molecule has 2 aromatic rings. The van der Waals surface area contributed by atoms with Crippen molar-refractivity contribution in [2.75, 3.05) is 0 Å². The van der Waals surface area contributed by atoms with Crippen molar-refractivity contribution in [2.45, 2.75) is 33.4 Å². The van der Waals surface area contributed by atoms with Gasteiger partial charge in [0.05, 0.1) is 6.04 Å². The fourth-order valence-electron chi connectivity index (χ4n) is 2.22. The van der Waals surface area contributed by atoms with E-state index in [4.69, 9.17) is 12.2 Å². The van der Waals surface area contributed by atoms with Crippen LogP contribution in [0.4, 0.5) is 0 Å². The van der Waals surface area contributed by atoms with E-state index in [1.807, 2.05) is 43.5 Å². The summed E-state index contributed by atoms with van der Waals surface area (Å²) in [4.78, 5) is 12.4. The molecule has 21 heavy (non-hydrogen) atoms. The van der Waals surface area contributed by atoms with Crippen molar-refractivity contribution < 1.29 is 4.79 Å². The Morgan fingerprint density at radius 3 is 2.62 bits per heavy atom. The van der Waals surface area contributed by atoms with Crippen LogP contribution < -0.4 is 5.32 Å². The van der Waals surface area contributed by atoms with Crippen molar-refractivity contribution in [1.82, 2.24) is 20.1 Å². The van der Waals surface area contributed by atoms with Crippen molar-refractivity contribution in [1.29, 1.82) is 0 Å². The number of aromatic amines is 1. The predicted octanol–water partition coefficient (Wildman–Crippen LogP) is 3.09. The fraction of sp³-hybridized carbons (Fsp3) is 0.400. The molecule has 0 aliphatic rings. The molecule has 0 radical (unpaired) electrons. The van der Waals surface area contributed by atoms with E-state index in [2.05, 4.69) is 15.5 Å². The highest BCUT2D eigenvalue weighted by atomic mass is 32.1. The molecule has 2 N–H and O–H groups in total. The van der Waals surface area contributed by atoms with E-state index in [0.29, 0.717) is 10.3 Å². The summed E-state index contributed by atoms with van der Waals surface area (Å²) in [5.74, 6) is 0.862. The fourth-order valence-corrected chi connectivity index (χ4v) is 2.48. The minimum absolute atomic E-state index is 0.106. The minimum atomic E-state index is -0.189. The van der Waals surface area contributed by atoms with E-state index in [0.717, 1.165) is 12.4 Å². The lowest BCUT2D eigenvalue weighted by Gasteiger charge is -2.22. The van der Waals surface area contributed by atoms with Crippen molar-refractivity contribution >= 4 is 18.1 Å². The maximum Gasteiger partial charge on any atom is 0.251 e. The summed E-state index contributed by atoms with van der Waals surface area (Å²) in [6.07, 6.45) is 0. The molecule has 5 nitrogen and oxygen atoms in total. The summed E-state index contributed by atoms with van der Waals surface area (Å²) in [5, 5.41) is 10.1. The summed E-state index contributed by atoms with van der Waals surface area (Å²) < 4.78 is 2.48. The maximum absolute atomic E-state index is 12.4. The Balaban J connectivity index is 2.28. The summed E-state index contributed by atoms with van der Waals surface area (Å²) in [6, 6.07) is 8.99. The highest BCUT2D eigenvalue weighted by Crippen LogP contribution is 2.20. The third kappa shape index (κ3) is 3.39. The van der Waals surface area contributed by atoms with E-state index in [-0.39, 0.29) is 17.9 Å². The van der Waals surface area contributed by atoms with Crippen LogP contribution in [0.1, 0.15) is 43.0 Å². The summed E-state index contributed by atoms with van der Waals surface area (Å²) in [6.45, 7) is 6.82. The lowest BCUT2D eigenvalue weighted by atomic mass is 10.0. The molecular formula is C15H20N4OS. The molecule has 0 fully saturated rings. The average Bonchev–Trinajstić information content (AvgIpc) is 2.85. The van der Waals surface area contributed by atoms with Crippen molar-refractivity contribution in [3.63, 3.8) is 0 Å². The Morgan fingerprint density at radius 1 is 1.38 bits per heavy atom. The van der Waals surface area contributed by atoms with Gasteiger partial charge in [-0.3, -0.25) is 9.89 Å². The monoisotopic (exact) mass is 304 g/mol. The molecule has 0 saturated heterocycles. The Kier molecular flexibility index (Phi) is 4.90. The van der Waals surface area contributed by atoms with Gasteiger partial charge in [0.1, 0.15) is 0 Å². The standard InChI is InChI=1S/C15H20N4OS/c1-4-19-13(17-18-15(19)21)12(10(2)3)16-14(20)11-8-6-5-7-9-11/h5-10,12H,4H2,1-3H3,(H,16,20)(H,18,21). The van der Waals surface area contributed by atoms with E-state index in [9.17, 15) is 4.79 Å². The molecule has 1 heterocycles. The smallest absolute Gasteiger partial charge is 0.251 e. The Labute approximate surface area is 129 Å². The van der Waals surface area contributed by atoms with Gasteiger partial charge in [0.25, 0.3) is 5.91 Å². The van der Waals surface area contributed by atoms with Crippen LogP contribution in [0.25, 0.3) is 0 Å². The molecule has 2 rings (SSSR count). The van der Waals surface area contributed by atoms with Gasteiger partial charge < -0.3 is 9.88 Å². The number of H-pyrrole nitrogens is 1. The number of hydrogen-bond donors (Lipinski definition) is 2. The average molecular weight is 304 g/mol. The van der Waals surface area contributed by atoms with E-state index in [1.54, 1.807) is 12.1 Å². The lowest BCUT2D eigenvalue weighted by Crippen LogP contribution is -2.33. The highest BCUT2D eigenvalue weighted by molar-refractivity contribution is 7.71. The first-order valence-electron chi connectivity index (χ1n) is 7.05. The van der Waals surface area contributed by atoms with Crippen LogP contribution in [0.5, 0.6) is 0 Å². The van der Waals surface area contributed by atoms with Gasteiger partial charge in [-0.15, -0.1) is 0 Å². The molecule has 1 atom stereocenters. The molecule has 0 aliphatic heterocycles. The second-order valence-electron chi connectivity index (χ2n) is 5.19. The normalized spacial score (nSPS) is 12.4. The van der Waals surface area contributed by atoms with Crippen LogP contribution in [-0.4, -0.2) is 20.7 Å². The number of amides is 1. The van der Waals surface area contributed by atoms with Crippen LogP contribution in [0.15, 0.2) is 30.3 Å². The van der Waals surface area contributed by atoms with E-state index >= 15 is 0 Å². The highest BCUT2D eigenvalue weighted by Gasteiger charge is 2.24. The zero-order valence-electron chi connectivity index (χ0n) is 12.5. The molecule has 112 valence electrons. The minimum Gasteiger partial charge on any atom is -0.342 e. The molecule has 1 aromatic heterocycles. The second kappa shape index (κ2) is 6.67. The summed E-state index contributed by atoms with van der Waals surface area (Å²) in [5.41, 5.74) is 0.639. The third-order valence-corrected chi connectivity index (χ3v) is 3.68. The predicted molar refractivity (Wildman–Crippen MR) is 84.6 cm³/mol. The van der Waals surface area contributed by atoms with Gasteiger partial charge in [-0.2, -0.15) is 5.10 Å². The maximum atomic E-state index is 12.4. The van der Waals surface area contributed by atoms with Crippen molar-refractivity contribution in [3.05, 3.63) is 46.5 Å². The second-order valence-corrected chi connectivity index (χ2v) is 5.58. The van der Waals surface area contributed by atoms with Gasteiger partial charge in [-0.1, -0.05) is 32.0 Å². The largest absolute Gasteiger partial charge is 0.342 e. The van der Waals surface area contributed by atoms with Gasteiger partial charge in [0.2, 0.25) is 0 Å². The first kappa shape index (κ1) is 15.4. The molecular weight excluding hydrogens is 284 g/mol. The number of benzene rings is 1. The zero-order chi connectivity index (χ0) is 15.4. The molecule has 1 unspecified atom stereocenters. The number of rotatable bonds is 5. The van der Waals surface area contributed by atoms with Crippen molar-refractivity contribution in [2.24, 2.45) is 5.92 Å². The van der Waals surface area contributed by atoms with E-state index < -0.39 is 0 Å². The Morgan fingerprint density at radius 2 is 2.05 bits per heavy atom. The van der Waals surface area contributed by atoms with Crippen LogP contribution in [0.3, 0.4) is 0 Å².